The zero-order valence-electron chi connectivity index (χ0n) is 5.89. The van der Waals surface area contributed by atoms with E-state index < -0.39 is 0 Å². The van der Waals surface area contributed by atoms with Crippen LogP contribution in [-0.4, -0.2) is 0 Å². The molecule has 1 atom stereocenters. The third kappa shape index (κ3) is 1.12. The van der Waals surface area contributed by atoms with Gasteiger partial charge in [-0.15, -0.1) is 0 Å². The monoisotopic (exact) mass is 110 g/mol. The summed E-state index contributed by atoms with van der Waals surface area (Å²) in [6, 6.07) is 0. The molecule has 0 heterocycles. The van der Waals surface area contributed by atoms with Gasteiger partial charge in [0.05, 0.1) is 0 Å². The molecule has 0 nitrogen and oxygen atoms in total. The Labute approximate surface area is 51.6 Å². The molecule has 0 radical (unpaired) electrons. The minimum absolute atomic E-state index is 0.843. The zero-order valence-corrected chi connectivity index (χ0v) is 5.89. The summed E-state index contributed by atoms with van der Waals surface area (Å²) in [7, 11) is 0. The maximum absolute atomic E-state index is 2.31. The molecule has 0 aromatic carbocycles. The number of hydrogen-bond acceptors (Lipinski definition) is 0. The van der Waals surface area contributed by atoms with Gasteiger partial charge in [-0.3, -0.25) is 0 Å². The SMILES string of the molecule is CC(C)C(C)C1C=C1. The van der Waals surface area contributed by atoms with Crippen molar-refractivity contribution in [3.63, 3.8) is 0 Å². The lowest BCUT2D eigenvalue weighted by Crippen LogP contribution is -2.05. The van der Waals surface area contributed by atoms with Gasteiger partial charge in [-0.05, 0) is 17.8 Å². The molecule has 0 aromatic heterocycles. The summed E-state index contributed by atoms with van der Waals surface area (Å²) in [6.07, 6.45) is 4.56. The molecule has 0 saturated heterocycles. The molecule has 8 heavy (non-hydrogen) atoms. The van der Waals surface area contributed by atoms with Crippen LogP contribution in [0.5, 0.6) is 0 Å². The van der Waals surface area contributed by atoms with Crippen LogP contribution in [0.15, 0.2) is 12.2 Å². The molecule has 0 aliphatic heterocycles. The predicted molar refractivity (Wildman–Crippen MR) is 36.6 cm³/mol. The van der Waals surface area contributed by atoms with Crippen molar-refractivity contribution in [2.45, 2.75) is 20.8 Å². The normalized spacial score (nSPS) is 22.0. The van der Waals surface area contributed by atoms with Gasteiger partial charge in [-0.1, -0.05) is 32.9 Å². The highest BCUT2D eigenvalue weighted by Crippen LogP contribution is 2.30. The number of rotatable bonds is 2. The Morgan fingerprint density at radius 1 is 1.12 bits per heavy atom. The fourth-order valence-corrected chi connectivity index (χ4v) is 0.859. The number of allylic oxidation sites excluding steroid dienone is 2. The lowest BCUT2D eigenvalue weighted by atomic mass is 9.92. The van der Waals surface area contributed by atoms with E-state index in [9.17, 15) is 0 Å². The third-order valence-corrected chi connectivity index (χ3v) is 2.07. The first-order valence-corrected chi connectivity index (χ1v) is 3.40. The average Bonchev–Trinajstić information content (AvgIpc) is 2.43. The van der Waals surface area contributed by atoms with Crippen molar-refractivity contribution in [1.29, 1.82) is 0 Å². The van der Waals surface area contributed by atoms with Crippen LogP contribution in [-0.2, 0) is 0 Å². The molecule has 46 valence electrons. The summed E-state index contributed by atoms with van der Waals surface area (Å²) < 4.78 is 0. The first-order valence-electron chi connectivity index (χ1n) is 3.40. The van der Waals surface area contributed by atoms with Gasteiger partial charge in [0, 0.05) is 0 Å². The second-order valence-electron chi connectivity index (χ2n) is 3.07. The van der Waals surface area contributed by atoms with Crippen molar-refractivity contribution >= 4 is 0 Å². The Hall–Kier alpha value is -0.260. The summed E-state index contributed by atoms with van der Waals surface area (Å²) in [5.41, 5.74) is 0. The molecule has 0 N–H and O–H groups in total. The Kier molecular flexibility index (Phi) is 1.41. The lowest BCUT2D eigenvalue weighted by Gasteiger charge is -2.13. The summed E-state index contributed by atoms with van der Waals surface area (Å²) >= 11 is 0. The standard InChI is InChI=1S/C8H14/c1-6(2)7(3)8-4-5-8/h4-8H,1-3H3. The highest BCUT2D eigenvalue weighted by atomic mass is 14.3. The van der Waals surface area contributed by atoms with E-state index in [0.717, 1.165) is 17.8 Å². The molecule has 0 spiro atoms. The fourth-order valence-electron chi connectivity index (χ4n) is 0.859. The van der Waals surface area contributed by atoms with E-state index in [1.807, 2.05) is 0 Å². The molecule has 0 aromatic rings. The minimum atomic E-state index is 0.843. The van der Waals surface area contributed by atoms with Crippen molar-refractivity contribution in [1.82, 2.24) is 0 Å². The van der Waals surface area contributed by atoms with Gasteiger partial charge in [0.25, 0.3) is 0 Å². The summed E-state index contributed by atoms with van der Waals surface area (Å²) in [5, 5.41) is 0. The maximum Gasteiger partial charge on any atom is -0.00250 e. The highest BCUT2D eigenvalue weighted by Gasteiger charge is 2.21. The second-order valence-corrected chi connectivity index (χ2v) is 3.07. The van der Waals surface area contributed by atoms with Crippen molar-refractivity contribution < 1.29 is 0 Å². The highest BCUT2D eigenvalue weighted by molar-refractivity contribution is 5.15. The van der Waals surface area contributed by atoms with Crippen molar-refractivity contribution in [2.24, 2.45) is 17.8 Å². The van der Waals surface area contributed by atoms with E-state index in [0.29, 0.717) is 0 Å². The van der Waals surface area contributed by atoms with Crippen LogP contribution in [0.1, 0.15) is 20.8 Å². The van der Waals surface area contributed by atoms with Gasteiger partial charge in [0.1, 0.15) is 0 Å². The van der Waals surface area contributed by atoms with E-state index >= 15 is 0 Å². The molecule has 0 amide bonds. The Morgan fingerprint density at radius 2 is 1.62 bits per heavy atom. The Morgan fingerprint density at radius 3 is 1.75 bits per heavy atom. The summed E-state index contributed by atoms with van der Waals surface area (Å²) in [4.78, 5) is 0. The minimum Gasteiger partial charge on any atom is -0.0807 e. The molecular weight excluding hydrogens is 96.1 g/mol. The van der Waals surface area contributed by atoms with Crippen LogP contribution >= 0.6 is 0 Å². The second kappa shape index (κ2) is 1.93. The molecule has 1 aliphatic rings. The van der Waals surface area contributed by atoms with Gasteiger partial charge in [-0.25, -0.2) is 0 Å². The summed E-state index contributed by atoms with van der Waals surface area (Å²) in [5.74, 6) is 2.56. The lowest BCUT2D eigenvalue weighted by molar-refractivity contribution is 0.391. The van der Waals surface area contributed by atoms with E-state index in [-0.39, 0.29) is 0 Å². The largest absolute Gasteiger partial charge is 0.0807 e. The smallest absolute Gasteiger partial charge is 0.00250 e. The van der Waals surface area contributed by atoms with E-state index in [2.05, 4.69) is 32.9 Å². The topological polar surface area (TPSA) is 0 Å². The molecule has 1 rings (SSSR count). The van der Waals surface area contributed by atoms with Crippen molar-refractivity contribution in [2.75, 3.05) is 0 Å². The summed E-state index contributed by atoms with van der Waals surface area (Å²) in [6.45, 7) is 6.88. The molecule has 0 saturated carbocycles. The van der Waals surface area contributed by atoms with Crippen molar-refractivity contribution in [3.8, 4) is 0 Å². The van der Waals surface area contributed by atoms with E-state index in [1.165, 1.54) is 0 Å². The predicted octanol–water partition coefficient (Wildman–Crippen LogP) is 2.46. The van der Waals surface area contributed by atoms with Gasteiger partial charge in [0.2, 0.25) is 0 Å². The first kappa shape index (κ1) is 5.87. The van der Waals surface area contributed by atoms with Crippen LogP contribution in [0.25, 0.3) is 0 Å². The molecule has 0 fully saturated rings. The van der Waals surface area contributed by atoms with Gasteiger partial charge in [0.15, 0.2) is 0 Å². The van der Waals surface area contributed by atoms with E-state index in [1.54, 1.807) is 0 Å². The fraction of sp³-hybridized carbons (Fsp3) is 0.750. The number of hydrogen-bond donors (Lipinski definition) is 0. The van der Waals surface area contributed by atoms with Crippen LogP contribution in [0, 0.1) is 17.8 Å². The van der Waals surface area contributed by atoms with E-state index in [4.69, 9.17) is 0 Å². The van der Waals surface area contributed by atoms with Gasteiger partial charge < -0.3 is 0 Å². The molecule has 1 unspecified atom stereocenters. The third-order valence-electron chi connectivity index (χ3n) is 2.07. The van der Waals surface area contributed by atoms with Crippen LogP contribution in [0.3, 0.4) is 0 Å². The molecular formula is C8H14. The van der Waals surface area contributed by atoms with Gasteiger partial charge >= 0.3 is 0 Å². The Bertz CT molecular complexity index is 92.6. The van der Waals surface area contributed by atoms with Crippen LogP contribution in [0.4, 0.5) is 0 Å². The van der Waals surface area contributed by atoms with Crippen LogP contribution in [0.2, 0.25) is 0 Å². The molecule has 0 heteroatoms. The maximum atomic E-state index is 2.31. The molecule has 1 aliphatic carbocycles. The quantitative estimate of drug-likeness (QED) is 0.479. The van der Waals surface area contributed by atoms with Gasteiger partial charge in [-0.2, -0.15) is 0 Å². The molecule has 0 bridgehead atoms. The van der Waals surface area contributed by atoms with Crippen molar-refractivity contribution in [3.05, 3.63) is 12.2 Å². The van der Waals surface area contributed by atoms with Crippen LogP contribution < -0.4 is 0 Å². The zero-order chi connectivity index (χ0) is 6.15. The average molecular weight is 110 g/mol. The Balaban J connectivity index is 2.23. The first-order chi connectivity index (χ1) is 3.72.